The molecule has 0 amide bonds. The first kappa shape index (κ1) is 16.4. The van der Waals surface area contributed by atoms with Crippen molar-refractivity contribution in [2.75, 3.05) is 0 Å². The second kappa shape index (κ2) is 7.01. The molecule has 1 aromatic rings. The van der Waals surface area contributed by atoms with Gasteiger partial charge in [-0.25, -0.2) is 4.98 Å². The van der Waals surface area contributed by atoms with Crippen LogP contribution in [-0.2, 0) is 6.54 Å². The molecule has 0 aromatic carbocycles. The van der Waals surface area contributed by atoms with E-state index in [0.29, 0.717) is 6.54 Å². The van der Waals surface area contributed by atoms with E-state index in [1.807, 2.05) is 10.8 Å². The lowest BCUT2D eigenvalue weighted by atomic mass is 10.1. The highest BCUT2D eigenvalue weighted by Crippen LogP contribution is 2.26. The summed E-state index contributed by atoms with van der Waals surface area (Å²) >= 11 is 0. The van der Waals surface area contributed by atoms with Crippen LogP contribution in [0.3, 0.4) is 0 Å². The Hall–Kier alpha value is -0.550. The van der Waals surface area contributed by atoms with Crippen LogP contribution in [0.5, 0.6) is 0 Å². The summed E-state index contributed by atoms with van der Waals surface area (Å²) in [4.78, 5) is 4.12. The minimum Gasteiger partial charge on any atom is -0.392 e. The maximum Gasteiger partial charge on any atom is 0.0951 e. The van der Waals surface area contributed by atoms with Gasteiger partial charge in [-0.15, -0.1) is 24.8 Å². The number of nitrogens with zero attached hydrogens (tertiary/aromatic N) is 2. The summed E-state index contributed by atoms with van der Waals surface area (Å²) in [7, 11) is 0. The van der Waals surface area contributed by atoms with Crippen LogP contribution >= 0.6 is 24.8 Å². The minimum absolute atomic E-state index is 0. The number of aliphatic hydroxyl groups excluding tert-OH is 1. The first-order valence-electron chi connectivity index (χ1n) is 5.30. The number of nitrogens with two attached hydrogens (primary N) is 1. The Balaban J connectivity index is 0.00000128. The van der Waals surface area contributed by atoms with Gasteiger partial charge in [0, 0.05) is 12.6 Å². The SMILES string of the molecule is CC(O)Cn1cncc1C1=CCC(N)C1.Cl.Cl. The van der Waals surface area contributed by atoms with Crippen LogP contribution in [0.15, 0.2) is 18.6 Å². The molecule has 0 saturated carbocycles. The summed E-state index contributed by atoms with van der Waals surface area (Å²) in [5.41, 5.74) is 8.19. The van der Waals surface area contributed by atoms with E-state index in [0.717, 1.165) is 18.5 Å². The molecule has 4 nitrogen and oxygen atoms in total. The summed E-state index contributed by atoms with van der Waals surface area (Å²) in [5, 5.41) is 9.35. The zero-order chi connectivity index (χ0) is 10.8. The van der Waals surface area contributed by atoms with Crippen molar-refractivity contribution in [3.05, 3.63) is 24.3 Å². The fourth-order valence-corrected chi connectivity index (χ4v) is 1.97. The molecule has 2 unspecified atom stereocenters. The lowest BCUT2D eigenvalue weighted by Gasteiger charge is -2.11. The smallest absolute Gasteiger partial charge is 0.0951 e. The van der Waals surface area contributed by atoms with E-state index in [1.54, 1.807) is 13.3 Å². The quantitative estimate of drug-likeness (QED) is 0.884. The van der Waals surface area contributed by atoms with E-state index in [1.165, 1.54) is 5.57 Å². The third kappa shape index (κ3) is 4.00. The minimum atomic E-state index is -0.353. The number of halogens is 2. The first-order valence-corrected chi connectivity index (χ1v) is 5.30. The molecule has 1 aromatic heterocycles. The van der Waals surface area contributed by atoms with Crippen molar-refractivity contribution in [1.82, 2.24) is 9.55 Å². The van der Waals surface area contributed by atoms with Crippen LogP contribution in [0.1, 0.15) is 25.5 Å². The molecule has 98 valence electrons. The molecular formula is C11H19Cl2N3O. The monoisotopic (exact) mass is 279 g/mol. The number of imidazole rings is 1. The number of aromatic nitrogens is 2. The van der Waals surface area contributed by atoms with Crippen LogP contribution in [0, 0.1) is 0 Å². The summed E-state index contributed by atoms with van der Waals surface area (Å²) in [6.45, 7) is 2.36. The molecule has 0 fully saturated rings. The van der Waals surface area contributed by atoms with Gasteiger partial charge in [-0.05, 0) is 25.3 Å². The molecule has 6 heteroatoms. The third-order valence-corrected chi connectivity index (χ3v) is 2.65. The van der Waals surface area contributed by atoms with E-state index in [4.69, 9.17) is 5.73 Å². The molecule has 2 atom stereocenters. The standard InChI is InChI=1S/C11H17N3O.2ClH/c1-8(15)6-14-7-13-5-11(14)9-2-3-10(12)4-9;;/h2,5,7-8,10,15H,3-4,6,12H2,1H3;2*1H. The highest BCUT2D eigenvalue weighted by molar-refractivity contribution is 5.85. The van der Waals surface area contributed by atoms with Crippen LogP contribution < -0.4 is 5.73 Å². The molecule has 0 aliphatic heterocycles. The van der Waals surface area contributed by atoms with E-state index in [9.17, 15) is 5.11 Å². The molecule has 17 heavy (non-hydrogen) atoms. The van der Waals surface area contributed by atoms with Crippen LogP contribution in [0.25, 0.3) is 5.57 Å². The average Bonchev–Trinajstić information content (AvgIpc) is 2.72. The van der Waals surface area contributed by atoms with Gasteiger partial charge in [0.05, 0.1) is 24.3 Å². The average molecular weight is 280 g/mol. The highest BCUT2D eigenvalue weighted by atomic mass is 35.5. The van der Waals surface area contributed by atoms with Crippen molar-refractivity contribution in [3.63, 3.8) is 0 Å². The highest BCUT2D eigenvalue weighted by Gasteiger charge is 2.17. The summed E-state index contributed by atoms with van der Waals surface area (Å²) in [6.07, 6.45) is 7.26. The van der Waals surface area contributed by atoms with E-state index in [-0.39, 0.29) is 37.0 Å². The normalized spacial score (nSPS) is 20.2. The first-order chi connectivity index (χ1) is 7.16. The largest absolute Gasteiger partial charge is 0.392 e. The van der Waals surface area contributed by atoms with Gasteiger partial charge < -0.3 is 15.4 Å². The van der Waals surface area contributed by atoms with Crippen molar-refractivity contribution in [2.24, 2.45) is 5.73 Å². The Morgan fingerprint density at radius 2 is 2.29 bits per heavy atom. The van der Waals surface area contributed by atoms with Gasteiger partial charge >= 0.3 is 0 Å². The predicted molar refractivity (Wildman–Crippen MR) is 73.6 cm³/mol. The molecule has 1 aliphatic carbocycles. The Morgan fingerprint density at radius 1 is 1.59 bits per heavy atom. The lowest BCUT2D eigenvalue weighted by molar-refractivity contribution is 0.173. The summed E-state index contributed by atoms with van der Waals surface area (Å²) in [6, 6.07) is 0.245. The molecule has 0 spiro atoms. The van der Waals surface area contributed by atoms with Gasteiger partial charge in [-0.2, -0.15) is 0 Å². The van der Waals surface area contributed by atoms with Crippen LogP contribution in [0.4, 0.5) is 0 Å². The van der Waals surface area contributed by atoms with Gasteiger partial charge in [0.15, 0.2) is 0 Å². The molecule has 1 aliphatic rings. The van der Waals surface area contributed by atoms with Crippen molar-refractivity contribution >= 4 is 30.4 Å². The fraction of sp³-hybridized carbons (Fsp3) is 0.545. The fourth-order valence-electron chi connectivity index (χ4n) is 1.97. The second-order valence-electron chi connectivity index (χ2n) is 4.21. The number of hydrogen-bond donors (Lipinski definition) is 2. The van der Waals surface area contributed by atoms with E-state index in [2.05, 4.69) is 11.1 Å². The zero-order valence-corrected chi connectivity index (χ0v) is 11.4. The van der Waals surface area contributed by atoms with Crippen LogP contribution in [-0.4, -0.2) is 26.8 Å². The topological polar surface area (TPSA) is 64.1 Å². The number of aliphatic hydroxyl groups is 1. The van der Waals surface area contributed by atoms with Crippen molar-refractivity contribution in [2.45, 2.75) is 38.5 Å². The van der Waals surface area contributed by atoms with Gasteiger partial charge in [0.25, 0.3) is 0 Å². The van der Waals surface area contributed by atoms with E-state index < -0.39 is 0 Å². The molecule has 0 radical (unpaired) electrons. The number of hydrogen-bond acceptors (Lipinski definition) is 3. The lowest BCUT2D eigenvalue weighted by Crippen LogP contribution is -2.16. The van der Waals surface area contributed by atoms with Gasteiger partial charge in [0.1, 0.15) is 0 Å². The van der Waals surface area contributed by atoms with E-state index >= 15 is 0 Å². The Labute approximate surface area is 114 Å². The zero-order valence-electron chi connectivity index (χ0n) is 9.74. The van der Waals surface area contributed by atoms with Crippen molar-refractivity contribution in [3.8, 4) is 0 Å². The maximum atomic E-state index is 9.35. The Kier molecular flexibility index (Phi) is 6.78. The molecule has 1 heterocycles. The molecular weight excluding hydrogens is 261 g/mol. The van der Waals surface area contributed by atoms with Gasteiger partial charge in [-0.1, -0.05) is 6.08 Å². The summed E-state index contributed by atoms with van der Waals surface area (Å²) < 4.78 is 1.98. The third-order valence-electron chi connectivity index (χ3n) is 2.65. The molecule has 0 bridgehead atoms. The molecule has 3 N–H and O–H groups in total. The van der Waals surface area contributed by atoms with Gasteiger partial charge in [-0.3, -0.25) is 0 Å². The van der Waals surface area contributed by atoms with Crippen molar-refractivity contribution < 1.29 is 5.11 Å². The van der Waals surface area contributed by atoms with Gasteiger partial charge in [0.2, 0.25) is 0 Å². The summed E-state index contributed by atoms with van der Waals surface area (Å²) in [5.74, 6) is 0. The Morgan fingerprint density at radius 3 is 2.82 bits per heavy atom. The van der Waals surface area contributed by atoms with Crippen molar-refractivity contribution in [1.29, 1.82) is 0 Å². The predicted octanol–water partition coefficient (Wildman–Crippen LogP) is 1.61. The molecule has 0 saturated heterocycles. The number of rotatable bonds is 3. The second-order valence-corrected chi connectivity index (χ2v) is 4.21. The Bertz CT molecular complexity index is 377. The van der Waals surface area contributed by atoms with Crippen LogP contribution in [0.2, 0.25) is 0 Å². The maximum absolute atomic E-state index is 9.35. The molecule has 2 rings (SSSR count).